The first-order valence-electron chi connectivity index (χ1n) is 6.82. The Labute approximate surface area is 119 Å². The number of hydrogen-bond acceptors (Lipinski definition) is 3. The smallest absolute Gasteiger partial charge is 0.0992 e. The molecule has 1 heterocycles. The predicted octanol–water partition coefficient (Wildman–Crippen LogP) is 3.74. The number of rotatable bonds is 1. The van der Waals surface area contributed by atoms with Crippen molar-refractivity contribution in [1.29, 1.82) is 5.26 Å². The third-order valence-electron chi connectivity index (χ3n) is 3.87. The van der Waals surface area contributed by atoms with Crippen molar-refractivity contribution in [1.82, 2.24) is 0 Å². The van der Waals surface area contributed by atoms with Crippen molar-refractivity contribution < 1.29 is 0 Å². The fourth-order valence-electron chi connectivity index (χ4n) is 2.57. The number of nitriles is 1. The summed E-state index contributed by atoms with van der Waals surface area (Å²) in [5.41, 5.74) is 6.69. The average Bonchev–Trinajstić information content (AvgIpc) is 2.49. The number of nitrogens with zero attached hydrogens (tertiary/aromatic N) is 2. The van der Waals surface area contributed by atoms with Crippen molar-refractivity contribution >= 4 is 17.1 Å². The molecule has 1 aliphatic heterocycles. The van der Waals surface area contributed by atoms with Crippen LogP contribution in [-0.4, -0.2) is 13.1 Å². The van der Waals surface area contributed by atoms with Crippen LogP contribution in [0, 0.1) is 25.2 Å². The van der Waals surface area contributed by atoms with Gasteiger partial charge in [-0.05, 0) is 55.3 Å². The van der Waals surface area contributed by atoms with Gasteiger partial charge in [0.25, 0.3) is 0 Å². The maximum Gasteiger partial charge on any atom is 0.0992 e. The second-order valence-corrected chi connectivity index (χ2v) is 5.19. The van der Waals surface area contributed by atoms with Crippen molar-refractivity contribution in [2.45, 2.75) is 13.8 Å². The number of nitrogens with one attached hydrogen (secondary N) is 1. The van der Waals surface area contributed by atoms with Crippen LogP contribution in [0.15, 0.2) is 36.4 Å². The molecule has 1 aliphatic rings. The van der Waals surface area contributed by atoms with Gasteiger partial charge in [-0.2, -0.15) is 5.26 Å². The van der Waals surface area contributed by atoms with Gasteiger partial charge in [0.15, 0.2) is 0 Å². The van der Waals surface area contributed by atoms with Crippen LogP contribution in [0.4, 0.5) is 17.1 Å². The number of aryl methyl sites for hydroxylation is 2. The zero-order valence-corrected chi connectivity index (χ0v) is 11.8. The van der Waals surface area contributed by atoms with E-state index in [-0.39, 0.29) is 0 Å². The lowest BCUT2D eigenvalue weighted by Crippen LogP contribution is -2.30. The summed E-state index contributed by atoms with van der Waals surface area (Å²) >= 11 is 0. The highest BCUT2D eigenvalue weighted by atomic mass is 15.2. The van der Waals surface area contributed by atoms with Gasteiger partial charge in [0.1, 0.15) is 0 Å². The van der Waals surface area contributed by atoms with Crippen LogP contribution in [0.1, 0.15) is 16.7 Å². The minimum atomic E-state index is 0.693. The molecule has 0 atom stereocenters. The number of fused-ring (bicyclic) bond motifs is 1. The standard InChI is InChI=1S/C17H17N3/c1-12-3-5-15(9-13(12)2)20-8-7-19-16-10-14(11-18)4-6-17(16)20/h3-6,9-10,19H,7-8H2,1-2H3. The Kier molecular flexibility index (Phi) is 3.08. The summed E-state index contributed by atoms with van der Waals surface area (Å²) in [5, 5.41) is 12.4. The highest BCUT2D eigenvalue weighted by molar-refractivity contribution is 5.79. The molecule has 0 unspecified atom stereocenters. The van der Waals surface area contributed by atoms with Crippen molar-refractivity contribution in [2.75, 3.05) is 23.3 Å². The summed E-state index contributed by atoms with van der Waals surface area (Å²) in [6.07, 6.45) is 0. The molecule has 2 aromatic carbocycles. The lowest BCUT2D eigenvalue weighted by molar-refractivity contribution is 0.925. The molecule has 0 fully saturated rings. The van der Waals surface area contributed by atoms with Gasteiger partial charge in [0.05, 0.1) is 23.0 Å². The van der Waals surface area contributed by atoms with Crippen molar-refractivity contribution in [3.63, 3.8) is 0 Å². The summed E-state index contributed by atoms with van der Waals surface area (Å²) in [6.45, 7) is 6.08. The molecule has 0 aromatic heterocycles. The van der Waals surface area contributed by atoms with Crippen LogP contribution in [0.25, 0.3) is 0 Å². The molecule has 2 aromatic rings. The van der Waals surface area contributed by atoms with Crippen LogP contribution in [-0.2, 0) is 0 Å². The average molecular weight is 263 g/mol. The Hall–Kier alpha value is -2.47. The normalized spacial score (nSPS) is 13.3. The van der Waals surface area contributed by atoms with Gasteiger partial charge in [0, 0.05) is 18.8 Å². The molecule has 3 nitrogen and oxygen atoms in total. The van der Waals surface area contributed by atoms with E-state index in [1.807, 2.05) is 18.2 Å². The molecule has 0 saturated heterocycles. The van der Waals surface area contributed by atoms with E-state index in [1.165, 1.54) is 16.8 Å². The quantitative estimate of drug-likeness (QED) is 0.852. The second-order valence-electron chi connectivity index (χ2n) is 5.19. The molecule has 0 bridgehead atoms. The molecule has 100 valence electrons. The first-order valence-corrected chi connectivity index (χ1v) is 6.82. The first kappa shape index (κ1) is 12.6. The zero-order valence-electron chi connectivity index (χ0n) is 11.8. The molecule has 0 saturated carbocycles. The largest absolute Gasteiger partial charge is 0.382 e. The van der Waals surface area contributed by atoms with Crippen LogP contribution in [0.5, 0.6) is 0 Å². The monoisotopic (exact) mass is 263 g/mol. The summed E-state index contributed by atoms with van der Waals surface area (Å²) < 4.78 is 0. The third-order valence-corrected chi connectivity index (χ3v) is 3.87. The zero-order chi connectivity index (χ0) is 14.1. The van der Waals surface area contributed by atoms with Gasteiger partial charge in [0.2, 0.25) is 0 Å². The summed E-state index contributed by atoms with van der Waals surface area (Å²) in [6, 6.07) is 14.6. The minimum Gasteiger partial charge on any atom is -0.382 e. The van der Waals surface area contributed by atoms with E-state index in [9.17, 15) is 0 Å². The lowest BCUT2D eigenvalue weighted by Gasteiger charge is -2.32. The second kappa shape index (κ2) is 4.90. The van der Waals surface area contributed by atoms with Crippen LogP contribution in [0.2, 0.25) is 0 Å². The van der Waals surface area contributed by atoms with Gasteiger partial charge in [-0.3, -0.25) is 0 Å². The molecule has 3 rings (SSSR count). The molecular formula is C17H17N3. The van der Waals surface area contributed by atoms with Gasteiger partial charge >= 0.3 is 0 Å². The Morgan fingerprint density at radius 3 is 2.70 bits per heavy atom. The fourth-order valence-corrected chi connectivity index (χ4v) is 2.57. The maximum absolute atomic E-state index is 9.00. The van der Waals surface area contributed by atoms with Crippen LogP contribution >= 0.6 is 0 Å². The van der Waals surface area contributed by atoms with E-state index in [4.69, 9.17) is 5.26 Å². The molecule has 0 radical (unpaired) electrons. The summed E-state index contributed by atoms with van der Waals surface area (Å²) in [4.78, 5) is 2.30. The maximum atomic E-state index is 9.00. The molecule has 0 aliphatic carbocycles. The number of anilines is 3. The SMILES string of the molecule is Cc1ccc(N2CCNc3cc(C#N)ccc32)cc1C. The molecule has 0 spiro atoms. The molecule has 20 heavy (non-hydrogen) atoms. The first-order chi connectivity index (χ1) is 9.69. The minimum absolute atomic E-state index is 0.693. The van der Waals surface area contributed by atoms with Crippen LogP contribution in [0.3, 0.4) is 0 Å². The molecule has 1 N–H and O–H groups in total. The van der Waals surface area contributed by atoms with E-state index >= 15 is 0 Å². The van der Waals surface area contributed by atoms with Gasteiger partial charge in [-0.15, -0.1) is 0 Å². The molecule has 3 heteroatoms. The van der Waals surface area contributed by atoms with Crippen LogP contribution < -0.4 is 10.2 Å². The highest BCUT2D eigenvalue weighted by Crippen LogP contribution is 2.35. The summed E-state index contributed by atoms with van der Waals surface area (Å²) in [5.74, 6) is 0. The number of benzene rings is 2. The van der Waals surface area contributed by atoms with E-state index in [0.717, 1.165) is 24.5 Å². The van der Waals surface area contributed by atoms with Gasteiger partial charge in [-0.25, -0.2) is 0 Å². The fraction of sp³-hybridized carbons (Fsp3) is 0.235. The van der Waals surface area contributed by atoms with Crippen molar-refractivity contribution in [3.8, 4) is 6.07 Å². The predicted molar refractivity (Wildman–Crippen MR) is 82.6 cm³/mol. The van der Waals surface area contributed by atoms with Crippen molar-refractivity contribution in [2.24, 2.45) is 0 Å². The third kappa shape index (κ3) is 2.10. The lowest BCUT2D eigenvalue weighted by atomic mass is 10.1. The number of hydrogen-bond donors (Lipinski definition) is 1. The Morgan fingerprint density at radius 1 is 1.10 bits per heavy atom. The van der Waals surface area contributed by atoms with E-state index in [2.05, 4.69) is 48.3 Å². The summed E-state index contributed by atoms with van der Waals surface area (Å²) in [7, 11) is 0. The van der Waals surface area contributed by atoms with E-state index < -0.39 is 0 Å². The molecule has 0 amide bonds. The van der Waals surface area contributed by atoms with E-state index in [1.54, 1.807) is 0 Å². The Bertz CT molecular complexity index is 698. The highest BCUT2D eigenvalue weighted by Gasteiger charge is 2.18. The van der Waals surface area contributed by atoms with Gasteiger partial charge in [-0.1, -0.05) is 6.07 Å². The topological polar surface area (TPSA) is 39.1 Å². The van der Waals surface area contributed by atoms with E-state index in [0.29, 0.717) is 5.56 Å². The van der Waals surface area contributed by atoms with Crippen molar-refractivity contribution in [3.05, 3.63) is 53.1 Å². The Morgan fingerprint density at radius 2 is 1.95 bits per heavy atom. The Balaban J connectivity index is 2.05. The molecular weight excluding hydrogens is 246 g/mol. The van der Waals surface area contributed by atoms with Gasteiger partial charge < -0.3 is 10.2 Å².